The minimum atomic E-state index is -0.382. The monoisotopic (exact) mass is 258 g/mol. The van der Waals surface area contributed by atoms with Crippen molar-refractivity contribution in [1.29, 1.82) is 0 Å². The van der Waals surface area contributed by atoms with E-state index in [-0.39, 0.29) is 10.6 Å². The van der Waals surface area contributed by atoms with E-state index in [0.29, 0.717) is 12.1 Å². The van der Waals surface area contributed by atoms with Crippen LogP contribution >= 0.6 is 0 Å². The fourth-order valence-electron chi connectivity index (χ4n) is 1.77. The Morgan fingerprint density at radius 3 is 2.74 bits per heavy atom. The zero-order chi connectivity index (χ0) is 13.8. The van der Waals surface area contributed by atoms with Gasteiger partial charge in [0.1, 0.15) is 5.82 Å². The molecule has 2 aromatic rings. The second kappa shape index (κ2) is 5.43. The Labute approximate surface area is 110 Å². The van der Waals surface area contributed by atoms with Crippen molar-refractivity contribution in [2.45, 2.75) is 20.4 Å². The average molecular weight is 258 g/mol. The second-order valence-electron chi connectivity index (χ2n) is 4.21. The van der Waals surface area contributed by atoms with E-state index in [1.165, 1.54) is 6.07 Å². The molecule has 0 saturated heterocycles. The van der Waals surface area contributed by atoms with Crippen LogP contribution in [0, 0.1) is 24.0 Å². The summed E-state index contributed by atoms with van der Waals surface area (Å²) in [5.74, 6) is 0.721. The number of hydrogen-bond donors (Lipinski definition) is 1. The number of nitro groups is 1. The predicted molar refractivity (Wildman–Crippen MR) is 71.9 cm³/mol. The highest BCUT2D eigenvalue weighted by Crippen LogP contribution is 2.21. The lowest BCUT2D eigenvalue weighted by Gasteiger charge is -2.07. The lowest BCUT2D eigenvalue weighted by Crippen LogP contribution is -2.03. The third-order valence-corrected chi connectivity index (χ3v) is 2.70. The molecule has 0 atom stereocenters. The van der Waals surface area contributed by atoms with E-state index < -0.39 is 0 Å². The van der Waals surface area contributed by atoms with Gasteiger partial charge in [-0.3, -0.25) is 10.1 Å². The van der Waals surface area contributed by atoms with E-state index in [2.05, 4.69) is 15.3 Å². The van der Waals surface area contributed by atoms with Crippen molar-refractivity contribution in [2.24, 2.45) is 0 Å². The third kappa shape index (κ3) is 3.25. The van der Waals surface area contributed by atoms with Crippen LogP contribution in [0.15, 0.2) is 30.5 Å². The van der Waals surface area contributed by atoms with E-state index in [9.17, 15) is 10.1 Å². The van der Waals surface area contributed by atoms with Crippen molar-refractivity contribution >= 4 is 11.4 Å². The summed E-state index contributed by atoms with van der Waals surface area (Å²) in [4.78, 5) is 18.6. The number of anilines is 1. The van der Waals surface area contributed by atoms with Crippen LogP contribution in [0.5, 0.6) is 0 Å². The van der Waals surface area contributed by atoms with Gasteiger partial charge in [0.2, 0.25) is 0 Å². The molecule has 0 aliphatic rings. The highest BCUT2D eigenvalue weighted by atomic mass is 16.6. The summed E-state index contributed by atoms with van der Waals surface area (Å²) in [6.07, 6.45) is 1.71. The lowest BCUT2D eigenvalue weighted by molar-refractivity contribution is -0.385. The molecular formula is C13H14N4O2. The van der Waals surface area contributed by atoms with E-state index in [1.807, 2.05) is 13.0 Å². The number of benzene rings is 1. The van der Waals surface area contributed by atoms with Gasteiger partial charge in [0.25, 0.3) is 5.69 Å². The molecule has 6 nitrogen and oxygen atoms in total. The number of aromatic nitrogens is 2. The molecule has 19 heavy (non-hydrogen) atoms. The Bertz CT molecular complexity index is 613. The van der Waals surface area contributed by atoms with Gasteiger partial charge in [0, 0.05) is 23.5 Å². The highest BCUT2D eigenvalue weighted by molar-refractivity contribution is 5.53. The lowest BCUT2D eigenvalue weighted by atomic mass is 10.2. The van der Waals surface area contributed by atoms with Gasteiger partial charge in [0.15, 0.2) is 0 Å². The van der Waals surface area contributed by atoms with Crippen molar-refractivity contribution in [3.63, 3.8) is 0 Å². The van der Waals surface area contributed by atoms with Gasteiger partial charge in [-0.1, -0.05) is 0 Å². The van der Waals surface area contributed by atoms with Crippen LogP contribution in [0.4, 0.5) is 11.4 Å². The predicted octanol–water partition coefficient (Wildman–Crippen LogP) is 2.61. The van der Waals surface area contributed by atoms with E-state index in [4.69, 9.17) is 0 Å². The molecule has 1 aromatic heterocycles. The zero-order valence-corrected chi connectivity index (χ0v) is 10.8. The van der Waals surface area contributed by atoms with Gasteiger partial charge in [-0.2, -0.15) is 0 Å². The van der Waals surface area contributed by atoms with Crippen LogP contribution in [-0.4, -0.2) is 14.9 Å². The summed E-state index contributed by atoms with van der Waals surface area (Å²) >= 11 is 0. The summed E-state index contributed by atoms with van der Waals surface area (Å²) < 4.78 is 0. The molecule has 0 aliphatic carbocycles. The Morgan fingerprint density at radius 1 is 1.32 bits per heavy atom. The van der Waals surface area contributed by atoms with Crippen molar-refractivity contribution in [2.75, 3.05) is 5.32 Å². The van der Waals surface area contributed by atoms with Crippen molar-refractivity contribution in [1.82, 2.24) is 9.97 Å². The summed E-state index contributed by atoms with van der Waals surface area (Å²) in [7, 11) is 0. The largest absolute Gasteiger partial charge is 0.379 e. The van der Waals surface area contributed by atoms with Crippen molar-refractivity contribution in [3.8, 4) is 0 Å². The van der Waals surface area contributed by atoms with Gasteiger partial charge in [-0.05, 0) is 32.0 Å². The molecule has 0 amide bonds. The molecule has 0 aliphatic heterocycles. The Hall–Kier alpha value is -2.50. The molecule has 0 fully saturated rings. The smallest absolute Gasteiger partial charge is 0.272 e. The molecule has 0 unspecified atom stereocenters. The van der Waals surface area contributed by atoms with Gasteiger partial charge in [0.05, 0.1) is 17.2 Å². The Morgan fingerprint density at radius 2 is 2.11 bits per heavy atom. The number of nitrogens with one attached hydrogen (secondary N) is 1. The molecular weight excluding hydrogens is 244 g/mol. The van der Waals surface area contributed by atoms with Gasteiger partial charge < -0.3 is 5.32 Å². The van der Waals surface area contributed by atoms with Gasteiger partial charge in [-0.25, -0.2) is 9.97 Å². The van der Waals surface area contributed by atoms with E-state index in [1.54, 1.807) is 25.3 Å². The first-order valence-corrected chi connectivity index (χ1v) is 5.83. The van der Waals surface area contributed by atoms with Crippen LogP contribution in [0.1, 0.15) is 17.1 Å². The van der Waals surface area contributed by atoms with Crippen LogP contribution in [0.25, 0.3) is 0 Å². The molecule has 0 radical (unpaired) electrons. The maximum atomic E-state index is 10.7. The molecule has 1 N–H and O–H groups in total. The van der Waals surface area contributed by atoms with Crippen molar-refractivity contribution in [3.05, 3.63) is 57.7 Å². The standard InChI is InChI=1S/C13H14N4O2/c1-9-7-11(3-4-13(9)17(18)19)15-8-12-5-6-14-10(2)16-12/h3-7,15H,8H2,1-2H3. The number of rotatable bonds is 4. The second-order valence-corrected chi connectivity index (χ2v) is 4.21. The molecule has 6 heteroatoms. The molecule has 1 heterocycles. The van der Waals surface area contributed by atoms with Crippen molar-refractivity contribution < 1.29 is 4.92 Å². The van der Waals surface area contributed by atoms with Gasteiger partial charge >= 0.3 is 0 Å². The Kier molecular flexibility index (Phi) is 3.70. The quantitative estimate of drug-likeness (QED) is 0.673. The fraction of sp³-hybridized carbons (Fsp3) is 0.231. The van der Waals surface area contributed by atoms with Crippen LogP contribution < -0.4 is 5.32 Å². The fourth-order valence-corrected chi connectivity index (χ4v) is 1.77. The molecule has 0 spiro atoms. The molecule has 98 valence electrons. The normalized spacial score (nSPS) is 10.2. The first-order chi connectivity index (χ1) is 9.06. The number of nitro benzene ring substituents is 1. The average Bonchev–Trinajstić information content (AvgIpc) is 2.36. The zero-order valence-electron chi connectivity index (χ0n) is 10.8. The first-order valence-electron chi connectivity index (χ1n) is 5.83. The van der Waals surface area contributed by atoms with Crippen LogP contribution in [0.2, 0.25) is 0 Å². The first kappa shape index (κ1) is 12.9. The summed E-state index contributed by atoms with van der Waals surface area (Å²) in [6.45, 7) is 4.11. The van der Waals surface area contributed by atoms with E-state index in [0.717, 1.165) is 17.2 Å². The van der Waals surface area contributed by atoms with Gasteiger partial charge in [-0.15, -0.1) is 0 Å². The Balaban J connectivity index is 2.08. The number of aryl methyl sites for hydroxylation is 2. The van der Waals surface area contributed by atoms with Crippen LogP contribution in [0.3, 0.4) is 0 Å². The topological polar surface area (TPSA) is 81.0 Å². The number of hydrogen-bond acceptors (Lipinski definition) is 5. The molecule has 0 saturated carbocycles. The summed E-state index contributed by atoms with van der Waals surface area (Å²) in [6, 6.07) is 6.78. The molecule has 2 rings (SSSR count). The van der Waals surface area contributed by atoms with Crippen LogP contribution in [-0.2, 0) is 6.54 Å². The SMILES string of the molecule is Cc1nccc(CNc2ccc([N+](=O)[O-])c(C)c2)n1. The maximum absolute atomic E-state index is 10.7. The number of nitrogens with zero attached hydrogens (tertiary/aromatic N) is 3. The summed E-state index contributed by atoms with van der Waals surface area (Å²) in [5, 5.41) is 13.9. The minimum absolute atomic E-state index is 0.128. The highest BCUT2D eigenvalue weighted by Gasteiger charge is 2.09. The molecule has 1 aromatic carbocycles. The molecule has 0 bridgehead atoms. The minimum Gasteiger partial charge on any atom is -0.379 e. The third-order valence-electron chi connectivity index (χ3n) is 2.70. The van der Waals surface area contributed by atoms with E-state index >= 15 is 0 Å². The summed E-state index contributed by atoms with van der Waals surface area (Å²) in [5.41, 5.74) is 2.47. The maximum Gasteiger partial charge on any atom is 0.272 e.